The number of rotatable bonds is 2. The molecule has 0 aliphatic rings. The maximum Gasteiger partial charge on any atom is 0.634 e. The van der Waals surface area contributed by atoms with Crippen LogP contribution < -0.4 is 0 Å². The maximum absolute atomic E-state index is 8.55. The fraction of sp³-hybridized carbons (Fsp3) is 1.00. The second-order valence-electron chi connectivity index (χ2n) is 3.61. The molecule has 3 nitrogen and oxygen atoms in total. The summed E-state index contributed by atoms with van der Waals surface area (Å²) in [7, 11) is -1.74. The van der Waals surface area contributed by atoms with Crippen LogP contribution >= 0.6 is 15.9 Å². The van der Waals surface area contributed by atoms with Crippen molar-refractivity contribution in [1.82, 2.24) is 0 Å². The van der Waals surface area contributed by atoms with Gasteiger partial charge in [0.05, 0.1) is 0 Å². The molecular formula is C6H14BBrO3. The van der Waals surface area contributed by atoms with Crippen molar-refractivity contribution in [3.05, 3.63) is 0 Å². The average molecular weight is 225 g/mol. The highest BCUT2D eigenvalue weighted by Gasteiger charge is 2.38. The van der Waals surface area contributed by atoms with Crippen molar-refractivity contribution in [3.63, 3.8) is 0 Å². The first-order chi connectivity index (χ1) is 4.67. The van der Waals surface area contributed by atoms with Gasteiger partial charge in [0.2, 0.25) is 0 Å². The Kier molecular flexibility index (Phi) is 3.57. The SMILES string of the molecule is CC(C)(C)C(C)(Br)OB(O)O. The Labute approximate surface area is 76.1 Å². The smallest absolute Gasteiger partial charge is 0.402 e. The average Bonchev–Trinajstić information content (AvgIpc) is 1.56. The van der Waals surface area contributed by atoms with Gasteiger partial charge in [-0.2, -0.15) is 0 Å². The van der Waals surface area contributed by atoms with E-state index >= 15 is 0 Å². The molecule has 0 spiro atoms. The number of halogens is 1. The van der Waals surface area contributed by atoms with Crippen LogP contribution in [-0.4, -0.2) is 21.9 Å². The topological polar surface area (TPSA) is 49.7 Å². The van der Waals surface area contributed by atoms with E-state index in [-0.39, 0.29) is 5.41 Å². The zero-order chi connectivity index (χ0) is 9.28. The molecule has 0 amide bonds. The molecule has 0 bridgehead atoms. The van der Waals surface area contributed by atoms with Crippen LogP contribution in [0.15, 0.2) is 0 Å². The van der Waals surface area contributed by atoms with Gasteiger partial charge < -0.3 is 14.7 Å². The zero-order valence-electron chi connectivity index (χ0n) is 7.26. The Bertz CT molecular complexity index is 130. The molecule has 0 aliphatic carbocycles. The van der Waals surface area contributed by atoms with E-state index in [0.717, 1.165) is 0 Å². The van der Waals surface area contributed by atoms with Crippen molar-refractivity contribution in [2.75, 3.05) is 0 Å². The summed E-state index contributed by atoms with van der Waals surface area (Å²) in [6, 6.07) is 0. The Hall–Kier alpha value is 0.425. The van der Waals surface area contributed by atoms with Crippen LogP contribution in [0.3, 0.4) is 0 Å². The molecule has 0 aromatic heterocycles. The third kappa shape index (κ3) is 3.56. The van der Waals surface area contributed by atoms with Crippen molar-refractivity contribution >= 4 is 23.3 Å². The standard InChI is InChI=1S/C6H14BBrO3/c1-5(2,3)6(4,8)11-7(9)10/h9-10H,1-4H3. The molecule has 2 N–H and O–H groups in total. The number of hydrogen-bond donors (Lipinski definition) is 2. The van der Waals surface area contributed by atoms with E-state index in [2.05, 4.69) is 15.9 Å². The molecule has 5 heteroatoms. The molecule has 1 atom stereocenters. The highest BCUT2D eigenvalue weighted by molar-refractivity contribution is 9.10. The number of hydrogen-bond acceptors (Lipinski definition) is 3. The second-order valence-corrected chi connectivity index (χ2v) is 5.12. The van der Waals surface area contributed by atoms with Crippen molar-refractivity contribution in [3.8, 4) is 0 Å². The normalized spacial score (nSPS) is 17.7. The summed E-state index contributed by atoms with van der Waals surface area (Å²) in [6.45, 7) is 7.55. The molecule has 0 aromatic carbocycles. The van der Waals surface area contributed by atoms with E-state index in [1.165, 1.54) is 0 Å². The lowest BCUT2D eigenvalue weighted by molar-refractivity contribution is 0.0308. The monoisotopic (exact) mass is 224 g/mol. The second kappa shape index (κ2) is 3.43. The Morgan fingerprint density at radius 3 is 1.64 bits per heavy atom. The molecule has 11 heavy (non-hydrogen) atoms. The fourth-order valence-electron chi connectivity index (χ4n) is 0.375. The lowest BCUT2D eigenvalue weighted by atomic mass is 9.89. The largest absolute Gasteiger partial charge is 0.634 e. The van der Waals surface area contributed by atoms with Gasteiger partial charge in [0.25, 0.3) is 0 Å². The van der Waals surface area contributed by atoms with Crippen LogP contribution in [0.2, 0.25) is 0 Å². The predicted molar refractivity (Wildman–Crippen MR) is 48.1 cm³/mol. The fourth-order valence-corrected chi connectivity index (χ4v) is 0.542. The lowest BCUT2D eigenvalue weighted by Crippen LogP contribution is -2.41. The summed E-state index contributed by atoms with van der Waals surface area (Å²) in [5.41, 5.74) is -0.198. The summed E-state index contributed by atoms with van der Waals surface area (Å²) < 4.78 is 4.10. The first-order valence-electron chi connectivity index (χ1n) is 3.40. The van der Waals surface area contributed by atoms with Crippen LogP contribution in [0.4, 0.5) is 0 Å². The van der Waals surface area contributed by atoms with E-state index < -0.39 is 11.8 Å². The van der Waals surface area contributed by atoms with Gasteiger partial charge in [-0.15, -0.1) is 0 Å². The van der Waals surface area contributed by atoms with Crippen LogP contribution in [0.5, 0.6) is 0 Å². The highest BCUT2D eigenvalue weighted by Crippen LogP contribution is 2.38. The Morgan fingerprint density at radius 2 is 1.55 bits per heavy atom. The minimum Gasteiger partial charge on any atom is -0.402 e. The number of alkyl halides is 1. The van der Waals surface area contributed by atoms with Crippen LogP contribution in [0, 0.1) is 5.41 Å². The highest BCUT2D eigenvalue weighted by atomic mass is 79.9. The van der Waals surface area contributed by atoms with Gasteiger partial charge in [0, 0.05) is 0 Å². The molecule has 0 saturated heterocycles. The molecule has 0 aliphatic heterocycles. The van der Waals surface area contributed by atoms with Crippen molar-refractivity contribution < 1.29 is 14.7 Å². The van der Waals surface area contributed by atoms with E-state index in [9.17, 15) is 0 Å². The molecule has 0 saturated carbocycles. The maximum atomic E-state index is 8.55. The predicted octanol–water partition coefficient (Wildman–Crippen LogP) is 1.13. The quantitative estimate of drug-likeness (QED) is 0.546. The van der Waals surface area contributed by atoms with E-state index in [1.54, 1.807) is 6.92 Å². The molecular weight excluding hydrogens is 211 g/mol. The summed E-state index contributed by atoms with van der Waals surface area (Å²) >= 11 is 3.26. The van der Waals surface area contributed by atoms with Gasteiger partial charge in [-0.3, -0.25) is 0 Å². The summed E-state index contributed by atoms with van der Waals surface area (Å²) in [5, 5.41) is 17.1. The van der Waals surface area contributed by atoms with Gasteiger partial charge in [0.1, 0.15) is 4.51 Å². The van der Waals surface area contributed by atoms with Gasteiger partial charge in [0.15, 0.2) is 0 Å². The molecule has 66 valence electrons. The molecule has 0 radical (unpaired) electrons. The Morgan fingerprint density at radius 1 is 1.18 bits per heavy atom. The van der Waals surface area contributed by atoms with Crippen LogP contribution in [0.25, 0.3) is 0 Å². The van der Waals surface area contributed by atoms with Gasteiger partial charge in [-0.1, -0.05) is 36.7 Å². The van der Waals surface area contributed by atoms with Crippen molar-refractivity contribution in [2.45, 2.75) is 32.2 Å². The summed E-state index contributed by atoms with van der Waals surface area (Å²) in [5.74, 6) is 0. The minimum atomic E-state index is -1.74. The summed E-state index contributed by atoms with van der Waals surface area (Å²) in [6.07, 6.45) is 0. The van der Waals surface area contributed by atoms with E-state index in [1.807, 2.05) is 20.8 Å². The first-order valence-corrected chi connectivity index (χ1v) is 4.19. The molecule has 0 fully saturated rings. The van der Waals surface area contributed by atoms with E-state index in [0.29, 0.717) is 0 Å². The molecule has 0 heterocycles. The zero-order valence-corrected chi connectivity index (χ0v) is 8.84. The van der Waals surface area contributed by atoms with Gasteiger partial charge >= 0.3 is 7.32 Å². The molecule has 0 aromatic rings. The third-order valence-electron chi connectivity index (χ3n) is 1.67. The van der Waals surface area contributed by atoms with Crippen molar-refractivity contribution in [2.24, 2.45) is 5.41 Å². The van der Waals surface area contributed by atoms with Crippen LogP contribution in [-0.2, 0) is 4.65 Å². The van der Waals surface area contributed by atoms with Crippen molar-refractivity contribution in [1.29, 1.82) is 0 Å². The Balaban J connectivity index is 4.22. The van der Waals surface area contributed by atoms with Crippen LogP contribution in [0.1, 0.15) is 27.7 Å². The summed E-state index contributed by atoms with van der Waals surface area (Å²) in [4.78, 5) is 0. The lowest BCUT2D eigenvalue weighted by Gasteiger charge is -2.36. The third-order valence-corrected chi connectivity index (χ3v) is 3.04. The minimum absolute atomic E-state index is 0.198. The molecule has 0 rings (SSSR count). The van der Waals surface area contributed by atoms with Gasteiger partial charge in [-0.25, -0.2) is 0 Å². The van der Waals surface area contributed by atoms with Gasteiger partial charge in [-0.05, 0) is 12.3 Å². The molecule has 1 unspecified atom stereocenters. The van der Waals surface area contributed by atoms with E-state index in [4.69, 9.17) is 14.7 Å². The first kappa shape index (κ1) is 11.4.